The number of carbonyl (C=O) groups excluding carboxylic acids is 2. The Morgan fingerprint density at radius 3 is 2.59 bits per heavy atom. The number of hydrogen-bond acceptors (Lipinski definition) is 8. The highest BCUT2D eigenvalue weighted by molar-refractivity contribution is 7.22. The fraction of sp³-hybridized carbons (Fsp3) is 0.0882. The van der Waals surface area contributed by atoms with E-state index in [2.05, 4.69) is 4.98 Å². The predicted octanol–water partition coefficient (Wildman–Crippen LogP) is 8.07. The number of ether oxygens (including phenoxy) is 2. The van der Waals surface area contributed by atoms with E-state index in [0.29, 0.717) is 50.3 Å². The fourth-order valence-electron chi connectivity index (χ4n) is 5.27. The Morgan fingerprint density at radius 2 is 1.82 bits per heavy atom. The average molecular weight is 623 g/mol. The summed E-state index contributed by atoms with van der Waals surface area (Å²) in [5, 5.41) is 12.7. The van der Waals surface area contributed by atoms with Crippen LogP contribution in [0.25, 0.3) is 21.2 Å². The van der Waals surface area contributed by atoms with Crippen LogP contribution < -0.4 is 14.4 Å². The molecule has 0 aliphatic carbocycles. The summed E-state index contributed by atoms with van der Waals surface area (Å²) in [7, 11) is 1.51. The van der Waals surface area contributed by atoms with Gasteiger partial charge in [0.25, 0.3) is 5.91 Å². The Kier molecular flexibility index (Phi) is 7.04. The van der Waals surface area contributed by atoms with Gasteiger partial charge < -0.3 is 19.0 Å². The summed E-state index contributed by atoms with van der Waals surface area (Å²) < 4.78 is 18.0. The van der Waals surface area contributed by atoms with Crippen molar-refractivity contribution < 1.29 is 28.6 Å². The van der Waals surface area contributed by atoms with Gasteiger partial charge in [-0.15, -0.1) is 0 Å². The second-order valence-corrected chi connectivity index (χ2v) is 11.6. The molecule has 0 radical (unpaired) electrons. The first-order valence-corrected chi connectivity index (χ1v) is 14.8. The third kappa shape index (κ3) is 4.86. The van der Waals surface area contributed by atoms with E-state index < -0.39 is 23.5 Å². The Morgan fingerprint density at radius 1 is 1.02 bits per heavy atom. The minimum Gasteiger partial charge on any atom is -0.503 e. The van der Waals surface area contributed by atoms with Crippen molar-refractivity contribution in [3.05, 3.63) is 130 Å². The molecule has 0 spiro atoms. The number of nitrogens with zero attached hydrogens (tertiary/aromatic N) is 2. The molecule has 0 fully saturated rings. The van der Waals surface area contributed by atoms with Crippen LogP contribution in [0.2, 0.25) is 5.02 Å². The van der Waals surface area contributed by atoms with Crippen LogP contribution in [0.3, 0.4) is 0 Å². The van der Waals surface area contributed by atoms with Gasteiger partial charge in [-0.2, -0.15) is 0 Å². The molecule has 1 amide bonds. The van der Waals surface area contributed by atoms with E-state index in [1.165, 1.54) is 23.3 Å². The van der Waals surface area contributed by atoms with Crippen LogP contribution in [0.1, 0.15) is 27.7 Å². The van der Waals surface area contributed by atoms with E-state index in [1.807, 2.05) is 30.3 Å². The van der Waals surface area contributed by atoms with Crippen molar-refractivity contribution in [2.45, 2.75) is 12.6 Å². The second kappa shape index (κ2) is 11.2. The lowest BCUT2D eigenvalue weighted by Crippen LogP contribution is -2.30. The number of methoxy groups -OCH3 is 1. The van der Waals surface area contributed by atoms with Crippen LogP contribution in [0.5, 0.6) is 11.5 Å². The molecule has 0 saturated heterocycles. The van der Waals surface area contributed by atoms with Crippen LogP contribution in [0.15, 0.2) is 113 Å². The lowest BCUT2D eigenvalue weighted by atomic mass is 9.95. The first-order valence-electron chi connectivity index (χ1n) is 13.6. The van der Waals surface area contributed by atoms with Crippen molar-refractivity contribution in [2.24, 2.45) is 0 Å². The lowest BCUT2D eigenvalue weighted by molar-refractivity contribution is -0.117. The number of fused-ring (bicyclic) bond motifs is 2. The summed E-state index contributed by atoms with van der Waals surface area (Å²) >= 11 is 7.44. The number of halogens is 1. The van der Waals surface area contributed by atoms with E-state index in [1.54, 1.807) is 66.7 Å². The maximum Gasteiger partial charge on any atom is 0.296 e. The molecule has 7 rings (SSSR count). The van der Waals surface area contributed by atoms with E-state index >= 15 is 0 Å². The Balaban J connectivity index is 1.30. The number of Topliss-reactive ketones (excluding diaryl/α,β-unsaturated/α-hetero) is 1. The van der Waals surface area contributed by atoms with Crippen molar-refractivity contribution in [3.8, 4) is 11.5 Å². The van der Waals surface area contributed by atoms with Crippen LogP contribution in [0, 0.1) is 0 Å². The standard InChI is InChI=1S/C34H23ClN2O6S/c1-41-25-9-5-8-21-16-26(43-32(21)25)30(38)28-29(20-10-13-23(14-11-20)42-18-19-6-3-2-4-7-19)37(33(40)31(28)39)34-36-24-15-12-22(35)17-27(24)44-34/h2-17,29,39H,18H2,1H3. The number of aliphatic hydroxyl groups excluding tert-OH is 1. The highest BCUT2D eigenvalue weighted by atomic mass is 35.5. The number of rotatable bonds is 8. The molecule has 4 aromatic carbocycles. The number of thiazole rings is 1. The number of furan rings is 1. The SMILES string of the molecule is COc1cccc2cc(C(=O)C3=C(O)C(=O)N(c4nc5ccc(Cl)cc5s4)C3c3ccc(OCc4ccccc4)cc3)oc12. The number of aromatic nitrogens is 1. The molecule has 1 atom stereocenters. The summed E-state index contributed by atoms with van der Waals surface area (Å²) in [6.45, 7) is 0.377. The number of benzene rings is 4. The second-order valence-electron chi connectivity index (χ2n) is 10.1. The molecule has 10 heteroatoms. The molecule has 1 aliphatic rings. The first-order chi connectivity index (χ1) is 21.4. The number of para-hydroxylation sites is 1. The molecular weight excluding hydrogens is 600 g/mol. The molecule has 1 aliphatic heterocycles. The quantitative estimate of drug-likeness (QED) is 0.171. The lowest BCUT2D eigenvalue weighted by Gasteiger charge is -2.24. The van der Waals surface area contributed by atoms with E-state index in [-0.39, 0.29) is 11.3 Å². The highest BCUT2D eigenvalue weighted by Gasteiger charge is 2.46. The molecule has 44 heavy (non-hydrogen) atoms. The summed E-state index contributed by atoms with van der Waals surface area (Å²) in [6, 6.07) is 27.9. The molecule has 218 valence electrons. The smallest absolute Gasteiger partial charge is 0.296 e. The van der Waals surface area contributed by atoms with E-state index in [4.69, 9.17) is 25.5 Å². The van der Waals surface area contributed by atoms with Gasteiger partial charge in [-0.05, 0) is 53.6 Å². The number of anilines is 1. The van der Waals surface area contributed by atoms with Crippen LogP contribution in [-0.2, 0) is 11.4 Å². The summed E-state index contributed by atoms with van der Waals surface area (Å²) in [4.78, 5) is 33.8. The Hall–Kier alpha value is -5.12. The minimum atomic E-state index is -0.996. The van der Waals surface area contributed by atoms with Gasteiger partial charge in [0.2, 0.25) is 5.78 Å². The van der Waals surface area contributed by atoms with Crippen molar-refractivity contribution >= 4 is 60.9 Å². The summed E-state index contributed by atoms with van der Waals surface area (Å²) in [5.74, 6) is -1.02. The maximum absolute atomic E-state index is 14.1. The van der Waals surface area contributed by atoms with Crippen LogP contribution in [-0.4, -0.2) is 28.9 Å². The van der Waals surface area contributed by atoms with Crippen molar-refractivity contribution in [1.29, 1.82) is 0 Å². The fourth-order valence-corrected chi connectivity index (χ4v) is 6.54. The van der Waals surface area contributed by atoms with Gasteiger partial charge in [-0.25, -0.2) is 4.98 Å². The Labute approximate surface area is 260 Å². The molecule has 1 N–H and O–H groups in total. The van der Waals surface area contributed by atoms with E-state index in [0.717, 1.165) is 10.3 Å². The number of hydrogen-bond donors (Lipinski definition) is 1. The third-order valence-corrected chi connectivity index (χ3v) is 8.65. The monoisotopic (exact) mass is 622 g/mol. The molecule has 0 bridgehead atoms. The van der Waals surface area contributed by atoms with Gasteiger partial charge in [-0.3, -0.25) is 14.5 Å². The van der Waals surface area contributed by atoms with Crippen molar-refractivity contribution in [1.82, 2.24) is 4.98 Å². The predicted molar refractivity (Wildman–Crippen MR) is 169 cm³/mol. The maximum atomic E-state index is 14.1. The molecule has 8 nitrogen and oxygen atoms in total. The average Bonchev–Trinajstić information content (AvgIpc) is 3.74. The highest BCUT2D eigenvalue weighted by Crippen LogP contribution is 2.45. The van der Waals surface area contributed by atoms with Gasteiger partial charge in [0.1, 0.15) is 12.4 Å². The molecule has 1 unspecified atom stereocenters. The topological polar surface area (TPSA) is 102 Å². The summed E-state index contributed by atoms with van der Waals surface area (Å²) in [6.07, 6.45) is 0. The third-order valence-electron chi connectivity index (χ3n) is 7.39. The van der Waals surface area contributed by atoms with Crippen molar-refractivity contribution in [2.75, 3.05) is 12.0 Å². The van der Waals surface area contributed by atoms with Gasteiger partial charge in [0, 0.05) is 10.4 Å². The zero-order valence-electron chi connectivity index (χ0n) is 23.2. The van der Waals surface area contributed by atoms with Gasteiger partial charge in [0.15, 0.2) is 28.0 Å². The molecule has 2 aromatic heterocycles. The number of ketones is 1. The zero-order valence-corrected chi connectivity index (χ0v) is 24.8. The number of carbonyl (C=O) groups is 2. The van der Waals surface area contributed by atoms with Crippen molar-refractivity contribution in [3.63, 3.8) is 0 Å². The van der Waals surface area contributed by atoms with Crippen LogP contribution in [0.4, 0.5) is 5.13 Å². The minimum absolute atomic E-state index is 0.0374. The summed E-state index contributed by atoms with van der Waals surface area (Å²) in [5.41, 5.74) is 2.49. The first kappa shape index (κ1) is 27.7. The molecular formula is C34H23ClN2O6S. The molecule has 3 heterocycles. The van der Waals surface area contributed by atoms with Gasteiger partial charge >= 0.3 is 0 Å². The normalized spacial score (nSPS) is 15.0. The number of aliphatic hydroxyl groups is 1. The largest absolute Gasteiger partial charge is 0.503 e. The van der Waals surface area contributed by atoms with Crippen LogP contribution >= 0.6 is 22.9 Å². The number of amides is 1. The van der Waals surface area contributed by atoms with E-state index in [9.17, 15) is 14.7 Å². The molecule has 0 saturated carbocycles. The molecule has 6 aromatic rings. The van der Waals surface area contributed by atoms with Gasteiger partial charge in [-0.1, -0.05) is 77.5 Å². The zero-order chi connectivity index (χ0) is 30.4. The van der Waals surface area contributed by atoms with Gasteiger partial charge in [0.05, 0.1) is 28.9 Å². The Bertz CT molecular complexity index is 2080.